The van der Waals surface area contributed by atoms with Gasteiger partial charge in [-0.3, -0.25) is 4.79 Å². The first-order chi connectivity index (χ1) is 13.5. The van der Waals surface area contributed by atoms with Gasteiger partial charge in [0.05, 0.1) is 11.3 Å². The van der Waals surface area contributed by atoms with E-state index in [2.05, 4.69) is 5.16 Å². The van der Waals surface area contributed by atoms with Crippen LogP contribution in [0.4, 0.5) is 0 Å². The third kappa shape index (κ3) is 4.61. The van der Waals surface area contributed by atoms with Crippen molar-refractivity contribution in [1.82, 2.24) is 5.16 Å². The molecule has 0 aliphatic rings. The van der Waals surface area contributed by atoms with Crippen molar-refractivity contribution < 1.29 is 18.8 Å². The van der Waals surface area contributed by atoms with Crippen LogP contribution in [-0.4, -0.2) is 17.0 Å². The Balaban J connectivity index is 1.66. The maximum atomic E-state index is 12.6. The van der Waals surface area contributed by atoms with Crippen LogP contribution >= 0.6 is 11.8 Å². The monoisotopic (exact) mass is 396 g/mol. The van der Waals surface area contributed by atoms with Gasteiger partial charge in [0.15, 0.2) is 0 Å². The van der Waals surface area contributed by atoms with Crippen LogP contribution in [0.1, 0.15) is 43.3 Å². The van der Waals surface area contributed by atoms with Gasteiger partial charge in [0.2, 0.25) is 5.91 Å². The number of benzene rings is 2. The summed E-state index contributed by atoms with van der Waals surface area (Å²) in [5, 5.41) is 3.96. The van der Waals surface area contributed by atoms with E-state index in [-0.39, 0.29) is 6.61 Å². The summed E-state index contributed by atoms with van der Waals surface area (Å²) in [6.45, 7) is 3.89. The van der Waals surface area contributed by atoms with Crippen LogP contribution in [0.5, 0.6) is 0 Å². The Hall–Kier alpha value is -3.06. The number of aromatic nitrogens is 1. The summed E-state index contributed by atoms with van der Waals surface area (Å²) in [6, 6.07) is 14.0. The first-order valence-corrected chi connectivity index (χ1v) is 9.63. The Morgan fingerprint density at radius 1 is 1.11 bits per heavy atom. The number of amides is 1. The zero-order valence-electron chi connectivity index (χ0n) is 15.6. The summed E-state index contributed by atoms with van der Waals surface area (Å²) < 4.78 is 10.6. The molecule has 6 nitrogen and oxygen atoms in total. The van der Waals surface area contributed by atoms with Gasteiger partial charge in [0.1, 0.15) is 12.4 Å². The number of rotatable bonds is 7. The normalized spacial score (nSPS) is 10.6. The number of carbonyl (C=O) groups is 2. The number of thioether (sulfide) groups is 1. The highest BCUT2D eigenvalue weighted by Gasteiger charge is 2.15. The van der Waals surface area contributed by atoms with Gasteiger partial charge in [-0.25, -0.2) is 4.79 Å². The Labute approximate surface area is 167 Å². The van der Waals surface area contributed by atoms with E-state index in [4.69, 9.17) is 15.0 Å². The molecule has 0 aliphatic heterocycles. The van der Waals surface area contributed by atoms with Crippen molar-refractivity contribution in [3.63, 3.8) is 0 Å². The van der Waals surface area contributed by atoms with Crippen LogP contribution in [0.3, 0.4) is 0 Å². The summed E-state index contributed by atoms with van der Waals surface area (Å²) in [7, 11) is 0. The molecule has 7 heteroatoms. The number of carbonyl (C=O) groups excluding carboxylic acids is 2. The summed E-state index contributed by atoms with van der Waals surface area (Å²) in [4.78, 5) is 24.5. The first-order valence-electron chi connectivity index (χ1n) is 8.65. The molecule has 0 spiro atoms. The van der Waals surface area contributed by atoms with Crippen molar-refractivity contribution in [2.45, 2.75) is 31.1 Å². The maximum absolute atomic E-state index is 12.6. The molecule has 144 valence electrons. The largest absolute Gasteiger partial charge is 0.457 e. The predicted octanol–water partition coefficient (Wildman–Crippen LogP) is 4.04. The lowest BCUT2D eigenvalue weighted by Gasteiger charge is -2.10. The summed E-state index contributed by atoms with van der Waals surface area (Å²) in [5.41, 5.74) is 8.80. The Bertz CT molecular complexity index is 976. The molecular formula is C21H20N2O4S. The third-order valence-electron chi connectivity index (χ3n) is 4.27. The van der Waals surface area contributed by atoms with Crippen molar-refractivity contribution in [1.29, 1.82) is 0 Å². The van der Waals surface area contributed by atoms with Gasteiger partial charge in [-0.1, -0.05) is 29.4 Å². The number of hydrogen-bond donors (Lipinski definition) is 1. The number of ether oxygens (including phenoxy) is 1. The second-order valence-corrected chi connectivity index (χ2v) is 7.24. The number of nitrogens with two attached hydrogens (primary N) is 1. The molecule has 2 N–H and O–H groups in total. The Morgan fingerprint density at radius 3 is 2.46 bits per heavy atom. The van der Waals surface area contributed by atoms with Crippen LogP contribution in [0.25, 0.3) is 0 Å². The van der Waals surface area contributed by atoms with E-state index in [1.54, 1.807) is 36.4 Å². The second kappa shape index (κ2) is 8.75. The van der Waals surface area contributed by atoms with Crippen molar-refractivity contribution in [2.75, 3.05) is 0 Å². The predicted molar refractivity (Wildman–Crippen MR) is 106 cm³/mol. The third-order valence-corrected chi connectivity index (χ3v) is 5.37. The van der Waals surface area contributed by atoms with Crippen LogP contribution in [0.2, 0.25) is 0 Å². The highest BCUT2D eigenvalue weighted by molar-refractivity contribution is 7.98. The fraction of sp³-hybridized carbons (Fsp3) is 0.190. The molecule has 1 aromatic heterocycles. The summed E-state index contributed by atoms with van der Waals surface area (Å²) >= 11 is 1.54. The van der Waals surface area contributed by atoms with Gasteiger partial charge in [0.25, 0.3) is 0 Å². The topological polar surface area (TPSA) is 95.4 Å². The van der Waals surface area contributed by atoms with Gasteiger partial charge in [0, 0.05) is 21.8 Å². The smallest absolute Gasteiger partial charge is 0.339 e. The molecule has 0 bridgehead atoms. The fourth-order valence-electron chi connectivity index (χ4n) is 2.61. The minimum Gasteiger partial charge on any atom is -0.457 e. The molecule has 0 fully saturated rings. The molecule has 0 radical (unpaired) electrons. The van der Waals surface area contributed by atoms with Gasteiger partial charge in [-0.15, -0.1) is 11.8 Å². The molecule has 0 saturated carbocycles. The highest BCUT2D eigenvalue weighted by atomic mass is 32.2. The van der Waals surface area contributed by atoms with Crippen molar-refractivity contribution in [3.05, 3.63) is 82.2 Å². The molecule has 28 heavy (non-hydrogen) atoms. The van der Waals surface area contributed by atoms with E-state index in [9.17, 15) is 9.59 Å². The van der Waals surface area contributed by atoms with E-state index in [1.807, 2.05) is 26.0 Å². The van der Waals surface area contributed by atoms with Crippen molar-refractivity contribution >= 4 is 23.6 Å². The lowest BCUT2D eigenvalue weighted by atomic mass is 10.1. The summed E-state index contributed by atoms with van der Waals surface area (Å²) in [6.07, 6.45) is 0. The van der Waals surface area contributed by atoms with E-state index in [0.29, 0.717) is 16.9 Å². The Morgan fingerprint density at radius 2 is 1.82 bits per heavy atom. The minimum absolute atomic E-state index is 0.112. The molecule has 3 rings (SSSR count). The average molecular weight is 396 g/mol. The van der Waals surface area contributed by atoms with E-state index in [1.165, 1.54) is 11.8 Å². The molecule has 2 aromatic carbocycles. The number of primary amides is 1. The maximum Gasteiger partial charge on any atom is 0.339 e. The Kier molecular flexibility index (Phi) is 6.16. The number of aryl methyl sites for hydroxylation is 2. The van der Waals surface area contributed by atoms with Gasteiger partial charge in [-0.05, 0) is 43.7 Å². The molecule has 0 saturated heterocycles. The molecule has 0 unspecified atom stereocenters. The molecule has 1 amide bonds. The fourth-order valence-corrected chi connectivity index (χ4v) is 3.80. The van der Waals surface area contributed by atoms with E-state index >= 15 is 0 Å². The van der Waals surface area contributed by atoms with Crippen molar-refractivity contribution in [3.8, 4) is 0 Å². The van der Waals surface area contributed by atoms with Crippen LogP contribution in [0.15, 0.2) is 57.9 Å². The van der Waals surface area contributed by atoms with Crippen LogP contribution in [-0.2, 0) is 17.1 Å². The zero-order valence-corrected chi connectivity index (χ0v) is 16.4. The molecular weight excluding hydrogens is 376 g/mol. The van der Waals surface area contributed by atoms with Gasteiger partial charge >= 0.3 is 5.97 Å². The lowest BCUT2D eigenvalue weighted by molar-refractivity contribution is 0.0468. The molecule has 0 aliphatic carbocycles. The van der Waals surface area contributed by atoms with Crippen molar-refractivity contribution in [2.24, 2.45) is 5.73 Å². The lowest BCUT2D eigenvalue weighted by Crippen LogP contribution is -2.11. The quantitative estimate of drug-likeness (QED) is 0.478. The van der Waals surface area contributed by atoms with E-state index < -0.39 is 11.9 Å². The molecule has 1 heterocycles. The second-order valence-electron chi connectivity index (χ2n) is 6.22. The van der Waals surface area contributed by atoms with Gasteiger partial charge in [-0.2, -0.15) is 0 Å². The van der Waals surface area contributed by atoms with E-state index in [0.717, 1.165) is 27.5 Å². The zero-order chi connectivity index (χ0) is 20.1. The molecule has 0 atom stereocenters. The SMILES string of the molecule is Cc1noc(C)c1CSc1ccccc1C(=O)OCc1ccc(C(N)=O)cc1. The van der Waals surface area contributed by atoms with Crippen LogP contribution < -0.4 is 5.73 Å². The summed E-state index contributed by atoms with van der Waals surface area (Å²) in [5.74, 6) is 0.540. The average Bonchev–Trinajstić information content (AvgIpc) is 3.02. The number of esters is 1. The molecule has 3 aromatic rings. The minimum atomic E-state index is -0.493. The first kappa shape index (κ1) is 19.7. The van der Waals surface area contributed by atoms with Crippen LogP contribution in [0, 0.1) is 13.8 Å². The van der Waals surface area contributed by atoms with Gasteiger partial charge < -0.3 is 15.0 Å². The number of hydrogen-bond acceptors (Lipinski definition) is 6. The standard InChI is InChI=1S/C21H20N2O4S/c1-13-18(14(2)27-23-13)12-28-19-6-4-3-5-17(19)21(25)26-11-15-7-9-16(10-8-15)20(22)24/h3-10H,11-12H2,1-2H3,(H2,22,24). The highest BCUT2D eigenvalue weighted by Crippen LogP contribution is 2.29. The number of nitrogens with zero attached hydrogens (tertiary/aromatic N) is 1.